The minimum absolute atomic E-state index is 0.335. The second-order valence-electron chi connectivity index (χ2n) is 6.55. The van der Waals surface area contributed by atoms with Crippen molar-refractivity contribution in [3.63, 3.8) is 0 Å². The minimum Gasteiger partial charge on any atom is -0.452 e. The number of hydrogen-bond donors (Lipinski definition) is 2. The third kappa shape index (κ3) is 4.30. The van der Waals surface area contributed by atoms with Gasteiger partial charge in [-0.05, 0) is 49.4 Å². The number of H-pyrrole nitrogens is 1. The third-order valence-corrected chi connectivity index (χ3v) is 4.32. The Morgan fingerprint density at radius 2 is 1.93 bits per heavy atom. The summed E-state index contributed by atoms with van der Waals surface area (Å²) < 4.78 is 5.13. The van der Waals surface area contributed by atoms with Crippen LogP contribution in [0, 0.1) is 6.92 Å². The van der Waals surface area contributed by atoms with E-state index in [0.717, 1.165) is 16.6 Å². The van der Waals surface area contributed by atoms with Gasteiger partial charge >= 0.3 is 5.97 Å². The fourth-order valence-corrected chi connectivity index (χ4v) is 2.82. The molecule has 29 heavy (non-hydrogen) atoms. The molecule has 0 aliphatic heterocycles. The Morgan fingerprint density at radius 1 is 1.10 bits per heavy atom. The molecule has 7 heteroatoms. The number of aromatic amines is 1. The number of ether oxygens (including phenoxy) is 1. The first-order chi connectivity index (χ1) is 14.1. The van der Waals surface area contributed by atoms with Gasteiger partial charge in [0.15, 0.2) is 6.61 Å². The van der Waals surface area contributed by atoms with Crippen molar-refractivity contribution in [1.82, 2.24) is 15.0 Å². The van der Waals surface area contributed by atoms with Gasteiger partial charge in [0.05, 0.1) is 16.6 Å². The summed E-state index contributed by atoms with van der Waals surface area (Å²) in [6, 6.07) is 16.1. The number of nitrogens with zero attached hydrogens (tertiary/aromatic N) is 2. The molecule has 0 aliphatic rings. The molecular formula is C22H18N4O3. The van der Waals surface area contributed by atoms with Crippen LogP contribution in [-0.4, -0.2) is 33.4 Å². The van der Waals surface area contributed by atoms with Crippen LogP contribution in [0.15, 0.2) is 67.0 Å². The number of benzene rings is 2. The highest BCUT2D eigenvalue weighted by molar-refractivity contribution is 5.97. The van der Waals surface area contributed by atoms with Crippen molar-refractivity contribution >= 4 is 28.6 Å². The number of hydrogen-bond acceptors (Lipinski definition) is 5. The number of rotatable bonds is 5. The van der Waals surface area contributed by atoms with Crippen molar-refractivity contribution in [3.05, 3.63) is 78.1 Å². The van der Waals surface area contributed by atoms with Gasteiger partial charge in [-0.3, -0.25) is 9.78 Å². The topological polar surface area (TPSA) is 97.0 Å². The number of fused-ring (bicyclic) bond motifs is 1. The number of imidazole rings is 1. The Labute approximate surface area is 166 Å². The van der Waals surface area contributed by atoms with Crippen LogP contribution >= 0.6 is 0 Å². The number of esters is 1. The molecule has 2 N–H and O–H groups in total. The standard InChI is InChI=1S/C22H18N4O3/c1-14-4-7-17(8-5-14)24-20(27)13-29-22(28)15-6-9-18-19(11-15)26-21(25-18)16-3-2-10-23-12-16/h2-12H,13H2,1H3,(H,24,27)(H,25,26). The molecular weight excluding hydrogens is 368 g/mol. The number of anilines is 1. The minimum atomic E-state index is -0.580. The fraction of sp³-hybridized carbons (Fsp3) is 0.0909. The van der Waals surface area contributed by atoms with Crippen LogP contribution in [0.3, 0.4) is 0 Å². The first kappa shape index (κ1) is 18.4. The molecule has 0 unspecified atom stereocenters. The van der Waals surface area contributed by atoms with Crippen molar-refractivity contribution in [2.45, 2.75) is 6.92 Å². The van der Waals surface area contributed by atoms with Crippen molar-refractivity contribution < 1.29 is 14.3 Å². The lowest BCUT2D eigenvalue weighted by molar-refractivity contribution is -0.119. The Kier molecular flexibility index (Phi) is 5.03. The molecule has 2 aromatic heterocycles. The molecule has 1 amide bonds. The Hall–Kier alpha value is -4.00. The van der Waals surface area contributed by atoms with Crippen LogP contribution in [0.4, 0.5) is 5.69 Å². The van der Waals surface area contributed by atoms with Gasteiger partial charge in [-0.15, -0.1) is 0 Å². The number of nitrogens with one attached hydrogen (secondary N) is 2. The van der Waals surface area contributed by atoms with Crippen molar-refractivity contribution in [2.75, 3.05) is 11.9 Å². The molecule has 0 radical (unpaired) electrons. The SMILES string of the molecule is Cc1ccc(NC(=O)COC(=O)c2ccc3nc(-c4cccnc4)[nH]c3c2)cc1. The van der Waals surface area contributed by atoms with Crippen molar-refractivity contribution in [3.8, 4) is 11.4 Å². The van der Waals surface area contributed by atoms with E-state index >= 15 is 0 Å². The molecule has 2 heterocycles. The first-order valence-corrected chi connectivity index (χ1v) is 9.02. The van der Waals surface area contributed by atoms with Gasteiger partial charge in [-0.25, -0.2) is 9.78 Å². The number of amides is 1. The van der Waals surface area contributed by atoms with E-state index < -0.39 is 11.9 Å². The molecule has 0 saturated heterocycles. The zero-order valence-electron chi connectivity index (χ0n) is 15.7. The summed E-state index contributed by atoms with van der Waals surface area (Å²) in [6.45, 7) is 1.60. The first-order valence-electron chi connectivity index (χ1n) is 9.02. The van der Waals surface area contributed by atoms with Crippen LogP contribution in [-0.2, 0) is 9.53 Å². The number of carbonyl (C=O) groups excluding carboxylic acids is 2. The quantitative estimate of drug-likeness (QED) is 0.510. The van der Waals surface area contributed by atoms with E-state index in [2.05, 4.69) is 20.3 Å². The lowest BCUT2D eigenvalue weighted by Crippen LogP contribution is -2.20. The monoisotopic (exact) mass is 386 g/mol. The summed E-state index contributed by atoms with van der Waals surface area (Å²) in [5.74, 6) is -0.316. The lowest BCUT2D eigenvalue weighted by atomic mass is 10.2. The molecule has 7 nitrogen and oxygen atoms in total. The van der Waals surface area contributed by atoms with Crippen LogP contribution in [0.2, 0.25) is 0 Å². The van der Waals surface area contributed by atoms with Gasteiger partial charge in [-0.2, -0.15) is 0 Å². The van der Waals surface area contributed by atoms with Gasteiger partial charge in [0.25, 0.3) is 5.91 Å². The number of pyridine rings is 1. The predicted molar refractivity (Wildman–Crippen MR) is 109 cm³/mol. The molecule has 4 rings (SSSR count). The summed E-state index contributed by atoms with van der Waals surface area (Å²) in [4.78, 5) is 36.1. The van der Waals surface area contributed by atoms with Gasteiger partial charge in [0.1, 0.15) is 5.82 Å². The summed E-state index contributed by atoms with van der Waals surface area (Å²) in [5.41, 5.74) is 4.34. The maximum Gasteiger partial charge on any atom is 0.338 e. The summed E-state index contributed by atoms with van der Waals surface area (Å²) >= 11 is 0. The van der Waals surface area contributed by atoms with Gasteiger partial charge in [0.2, 0.25) is 0 Å². The van der Waals surface area contributed by atoms with E-state index in [1.165, 1.54) is 0 Å². The van der Waals surface area contributed by atoms with E-state index in [0.29, 0.717) is 22.6 Å². The molecule has 4 aromatic rings. The van der Waals surface area contributed by atoms with E-state index in [9.17, 15) is 9.59 Å². The zero-order chi connectivity index (χ0) is 20.2. The Morgan fingerprint density at radius 3 is 2.69 bits per heavy atom. The fourth-order valence-electron chi connectivity index (χ4n) is 2.82. The van der Waals surface area contributed by atoms with Gasteiger partial charge < -0.3 is 15.0 Å². The number of aryl methyl sites for hydroxylation is 1. The second kappa shape index (κ2) is 7.93. The molecule has 0 saturated carbocycles. The molecule has 144 valence electrons. The predicted octanol–water partition coefficient (Wildman–Crippen LogP) is 3.73. The summed E-state index contributed by atoms with van der Waals surface area (Å²) in [5, 5.41) is 2.69. The largest absolute Gasteiger partial charge is 0.452 e. The van der Waals surface area contributed by atoms with Crippen LogP contribution < -0.4 is 5.32 Å². The molecule has 0 bridgehead atoms. The normalized spacial score (nSPS) is 10.7. The highest BCUT2D eigenvalue weighted by atomic mass is 16.5. The lowest BCUT2D eigenvalue weighted by Gasteiger charge is -2.07. The summed E-state index contributed by atoms with van der Waals surface area (Å²) in [6.07, 6.45) is 3.40. The Bertz CT molecular complexity index is 1170. The van der Waals surface area contributed by atoms with E-state index in [1.54, 1.807) is 42.7 Å². The molecule has 0 fully saturated rings. The maximum absolute atomic E-state index is 12.3. The molecule has 2 aromatic carbocycles. The van der Waals surface area contributed by atoms with E-state index in [-0.39, 0.29) is 6.61 Å². The van der Waals surface area contributed by atoms with E-state index in [4.69, 9.17) is 4.74 Å². The van der Waals surface area contributed by atoms with Crippen molar-refractivity contribution in [1.29, 1.82) is 0 Å². The third-order valence-electron chi connectivity index (χ3n) is 4.32. The molecule has 0 aliphatic carbocycles. The van der Waals surface area contributed by atoms with Crippen molar-refractivity contribution in [2.24, 2.45) is 0 Å². The Balaban J connectivity index is 1.41. The number of aromatic nitrogens is 3. The van der Waals surface area contributed by atoms with Crippen LogP contribution in [0.25, 0.3) is 22.4 Å². The maximum atomic E-state index is 12.3. The highest BCUT2D eigenvalue weighted by Crippen LogP contribution is 2.21. The molecule has 0 spiro atoms. The van der Waals surface area contributed by atoms with Gasteiger partial charge in [0, 0.05) is 23.6 Å². The highest BCUT2D eigenvalue weighted by Gasteiger charge is 2.13. The van der Waals surface area contributed by atoms with Gasteiger partial charge in [-0.1, -0.05) is 17.7 Å². The second-order valence-corrected chi connectivity index (χ2v) is 6.55. The number of carbonyl (C=O) groups is 2. The van der Waals surface area contributed by atoms with E-state index in [1.807, 2.05) is 31.2 Å². The zero-order valence-corrected chi connectivity index (χ0v) is 15.7. The summed E-state index contributed by atoms with van der Waals surface area (Å²) in [7, 11) is 0. The average molecular weight is 386 g/mol. The van der Waals surface area contributed by atoms with Crippen LogP contribution in [0.1, 0.15) is 15.9 Å². The van der Waals surface area contributed by atoms with Crippen LogP contribution in [0.5, 0.6) is 0 Å². The smallest absolute Gasteiger partial charge is 0.338 e. The average Bonchev–Trinajstić information content (AvgIpc) is 3.18. The molecule has 0 atom stereocenters.